The van der Waals surface area contributed by atoms with Gasteiger partial charge in [-0.1, -0.05) is 11.6 Å². The van der Waals surface area contributed by atoms with Gasteiger partial charge in [-0.3, -0.25) is 9.52 Å². The van der Waals surface area contributed by atoms with Crippen LogP contribution in [-0.2, 0) is 21.2 Å². The molecule has 0 spiro atoms. The highest BCUT2D eigenvalue weighted by Gasteiger charge is 2.32. The lowest BCUT2D eigenvalue weighted by molar-refractivity contribution is -0.116. The number of hydrogen-bond donors (Lipinski definition) is 1. The van der Waals surface area contributed by atoms with E-state index < -0.39 is 10.0 Å². The number of fused-ring (bicyclic) bond motifs is 1. The third-order valence-electron chi connectivity index (χ3n) is 4.38. The average molecular weight is 474 g/mol. The number of methoxy groups -OCH3 is 1. The molecule has 0 fully saturated rings. The number of carbonyl (C=O) groups excluding carboxylic acids is 1. The second-order valence-electron chi connectivity index (χ2n) is 6.31. The molecule has 1 heterocycles. The number of anilines is 2. The maximum atomic E-state index is 12.9. The molecule has 1 aliphatic rings. The second kappa shape index (κ2) is 7.33. The van der Waals surface area contributed by atoms with Crippen LogP contribution >= 0.6 is 27.5 Å². The highest BCUT2D eigenvalue weighted by atomic mass is 79.9. The summed E-state index contributed by atoms with van der Waals surface area (Å²) >= 11 is 9.41. The van der Waals surface area contributed by atoms with Gasteiger partial charge in [0, 0.05) is 23.1 Å². The molecule has 9 heteroatoms. The zero-order chi connectivity index (χ0) is 19.9. The lowest BCUT2D eigenvalue weighted by Crippen LogP contribution is -2.33. The fourth-order valence-corrected chi connectivity index (χ4v) is 5.66. The molecule has 1 amide bonds. The summed E-state index contributed by atoms with van der Waals surface area (Å²) in [6.45, 7) is 3.40. The molecule has 144 valence electrons. The number of nitrogens with zero attached hydrogens (tertiary/aromatic N) is 1. The molecule has 27 heavy (non-hydrogen) atoms. The third-order valence-corrected chi connectivity index (χ3v) is 7.02. The third kappa shape index (κ3) is 3.79. The second-order valence-corrected chi connectivity index (χ2v) is 9.22. The molecule has 0 saturated carbocycles. The zero-order valence-corrected chi connectivity index (χ0v) is 18.1. The van der Waals surface area contributed by atoms with Gasteiger partial charge in [0.2, 0.25) is 5.91 Å². The van der Waals surface area contributed by atoms with E-state index in [-0.39, 0.29) is 16.8 Å². The fourth-order valence-electron chi connectivity index (χ4n) is 3.24. The van der Waals surface area contributed by atoms with Crippen molar-refractivity contribution in [2.45, 2.75) is 31.2 Å². The molecule has 1 aliphatic heterocycles. The van der Waals surface area contributed by atoms with Gasteiger partial charge in [0.15, 0.2) is 0 Å². The SMILES string of the molecule is COc1ccc(NS(=O)(=O)c2cc3c(cc2Br)C[C@@H](C)N3C(C)=O)cc1Cl. The summed E-state index contributed by atoms with van der Waals surface area (Å²) in [5.74, 6) is 0.325. The molecule has 1 N–H and O–H groups in total. The summed E-state index contributed by atoms with van der Waals surface area (Å²) in [5, 5.41) is 0.294. The van der Waals surface area contributed by atoms with Gasteiger partial charge in [-0.25, -0.2) is 8.42 Å². The number of nitrogens with one attached hydrogen (secondary N) is 1. The van der Waals surface area contributed by atoms with Crippen molar-refractivity contribution in [2.75, 3.05) is 16.7 Å². The lowest BCUT2D eigenvalue weighted by atomic mass is 10.1. The lowest BCUT2D eigenvalue weighted by Gasteiger charge is -2.21. The summed E-state index contributed by atoms with van der Waals surface area (Å²) in [5.41, 5.74) is 1.85. The number of amides is 1. The first-order chi connectivity index (χ1) is 12.6. The van der Waals surface area contributed by atoms with Gasteiger partial charge in [-0.15, -0.1) is 0 Å². The standard InChI is InChI=1S/C18H18BrClN2O4S/c1-10-6-12-7-14(19)18(9-16(12)22(10)11(2)23)27(24,25)21-13-4-5-17(26-3)15(20)8-13/h4-5,7-10,21H,6H2,1-3H3/t10-/m1/s1. The molecule has 2 aromatic carbocycles. The van der Waals surface area contributed by atoms with Crippen LogP contribution in [0.5, 0.6) is 5.75 Å². The molecule has 0 saturated heterocycles. The van der Waals surface area contributed by atoms with Gasteiger partial charge in [0.05, 0.1) is 17.8 Å². The van der Waals surface area contributed by atoms with Crippen LogP contribution in [-0.4, -0.2) is 27.5 Å². The van der Waals surface area contributed by atoms with E-state index in [9.17, 15) is 13.2 Å². The van der Waals surface area contributed by atoms with Gasteiger partial charge < -0.3 is 9.64 Å². The largest absolute Gasteiger partial charge is 0.495 e. The maximum absolute atomic E-state index is 12.9. The molecule has 1 atom stereocenters. The normalized spacial score (nSPS) is 16.2. The highest BCUT2D eigenvalue weighted by Crippen LogP contribution is 2.38. The van der Waals surface area contributed by atoms with Crippen molar-refractivity contribution in [2.24, 2.45) is 0 Å². The van der Waals surface area contributed by atoms with Crippen molar-refractivity contribution in [3.63, 3.8) is 0 Å². The molecule has 0 aromatic heterocycles. The number of hydrogen-bond acceptors (Lipinski definition) is 4. The van der Waals surface area contributed by atoms with Gasteiger partial charge in [-0.2, -0.15) is 0 Å². The van der Waals surface area contributed by atoms with Crippen LogP contribution in [0, 0.1) is 0 Å². The van der Waals surface area contributed by atoms with Crippen LogP contribution in [0.3, 0.4) is 0 Å². The Bertz CT molecular complexity index is 1030. The molecule has 0 bridgehead atoms. The van der Waals surface area contributed by atoms with Gasteiger partial charge >= 0.3 is 0 Å². The Balaban J connectivity index is 2.00. The quantitative estimate of drug-likeness (QED) is 0.722. The van der Waals surface area contributed by atoms with Crippen LogP contribution in [0.4, 0.5) is 11.4 Å². The van der Waals surface area contributed by atoms with E-state index in [2.05, 4.69) is 20.7 Å². The number of halogens is 2. The van der Waals surface area contributed by atoms with E-state index >= 15 is 0 Å². The Morgan fingerprint density at radius 2 is 2.04 bits per heavy atom. The summed E-state index contributed by atoms with van der Waals surface area (Å²) in [6.07, 6.45) is 0.676. The Morgan fingerprint density at radius 1 is 1.33 bits per heavy atom. The van der Waals surface area contributed by atoms with Gasteiger partial charge in [0.25, 0.3) is 10.0 Å². The number of sulfonamides is 1. The first-order valence-corrected chi connectivity index (χ1v) is 10.8. The monoisotopic (exact) mass is 472 g/mol. The van der Waals surface area contributed by atoms with E-state index in [1.807, 2.05) is 6.92 Å². The van der Waals surface area contributed by atoms with Crippen molar-refractivity contribution in [3.8, 4) is 5.75 Å². The van der Waals surface area contributed by atoms with Crippen LogP contribution in [0.2, 0.25) is 5.02 Å². The molecule has 0 unspecified atom stereocenters. The predicted octanol–water partition coefficient (Wildman–Crippen LogP) is 4.21. The maximum Gasteiger partial charge on any atom is 0.263 e. The van der Waals surface area contributed by atoms with Crippen LogP contribution < -0.4 is 14.4 Å². The van der Waals surface area contributed by atoms with Crippen molar-refractivity contribution in [3.05, 3.63) is 45.4 Å². The minimum atomic E-state index is -3.90. The number of ether oxygens (including phenoxy) is 1. The van der Waals surface area contributed by atoms with E-state index in [0.29, 0.717) is 33.0 Å². The summed E-state index contributed by atoms with van der Waals surface area (Å²) < 4.78 is 33.9. The fraction of sp³-hybridized carbons (Fsp3) is 0.278. The minimum absolute atomic E-state index is 0.0179. The number of rotatable bonds is 4. The average Bonchev–Trinajstić information content (AvgIpc) is 2.88. The first kappa shape index (κ1) is 20.0. The summed E-state index contributed by atoms with van der Waals surface area (Å²) in [4.78, 5) is 13.6. The Kier molecular flexibility index (Phi) is 5.42. The Morgan fingerprint density at radius 3 is 2.63 bits per heavy atom. The molecular weight excluding hydrogens is 456 g/mol. The zero-order valence-electron chi connectivity index (χ0n) is 14.9. The minimum Gasteiger partial charge on any atom is -0.495 e. The van der Waals surface area contributed by atoms with Crippen molar-refractivity contribution >= 4 is 54.8 Å². The van der Waals surface area contributed by atoms with E-state index in [1.54, 1.807) is 23.1 Å². The Labute approximate surface area is 171 Å². The van der Waals surface area contributed by atoms with Gasteiger partial charge in [0.1, 0.15) is 10.6 Å². The van der Waals surface area contributed by atoms with E-state index in [1.165, 1.54) is 26.2 Å². The van der Waals surface area contributed by atoms with Crippen molar-refractivity contribution in [1.29, 1.82) is 0 Å². The van der Waals surface area contributed by atoms with Gasteiger partial charge in [-0.05, 0) is 65.2 Å². The molecule has 0 aliphatic carbocycles. The highest BCUT2D eigenvalue weighted by molar-refractivity contribution is 9.10. The molecule has 0 radical (unpaired) electrons. The molecule has 2 aromatic rings. The molecule has 3 rings (SSSR count). The molecule has 6 nitrogen and oxygen atoms in total. The molecular formula is C18H18BrClN2O4S. The van der Waals surface area contributed by atoms with E-state index in [4.69, 9.17) is 16.3 Å². The van der Waals surface area contributed by atoms with E-state index in [0.717, 1.165) is 5.56 Å². The van der Waals surface area contributed by atoms with Crippen LogP contribution in [0.15, 0.2) is 39.7 Å². The topological polar surface area (TPSA) is 75.7 Å². The summed E-state index contributed by atoms with van der Waals surface area (Å²) in [6, 6.07) is 7.88. The number of carbonyl (C=O) groups is 1. The van der Waals surface area contributed by atoms with Crippen LogP contribution in [0.25, 0.3) is 0 Å². The van der Waals surface area contributed by atoms with Crippen LogP contribution in [0.1, 0.15) is 19.4 Å². The Hall–Kier alpha value is -1.77. The number of benzene rings is 2. The first-order valence-electron chi connectivity index (χ1n) is 8.12. The summed E-state index contributed by atoms with van der Waals surface area (Å²) in [7, 11) is -2.42. The van der Waals surface area contributed by atoms with Crippen molar-refractivity contribution in [1.82, 2.24) is 0 Å². The predicted molar refractivity (Wildman–Crippen MR) is 109 cm³/mol. The smallest absolute Gasteiger partial charge is 0.263 e. The van der Waals surface area contributed by atoms with Crippen molar-refractivity contribution < 1.29 is 17.9 Å².